The van der Waals surface area contributed by atoms with Gasteiger partial charge in [-0.2, -0.15) is 13.2 Å². The van der Waals surface area contributed by atoms with E-state index in [0.717, 1.165) is 5.56 Å². The van der Waals surface area contributed by atoms with Gasteiger partial charge in [0.2, 0.25) is 5.55 Å². The maximum Gasteiger partial charge on any atom is 0.276 e. The largest absolute Gasteiger partial charge is 0.495 e. The van der Waals surface area contributed by atoms with Crippen molar-refractivity contribution < 1.29 is 22.4 Å². The van der Waals surface area contributed by atoms with E-state index in [4.69, 9.17) is 20.8 Å². The number of rotatable bonds is 6. The first-order chi connectivity index (χ1) is 16.3. The van der Waals surface area contributed by atoms with E-state index in [0.29, 0.717) is 27.4 Å². The number of ether oxygens (including phenoxy) is 1. The highest BCUT2D eigenvalue weighted by Crippen LogP contribution is 2.27. The van der Waals surface area contributed by atoms with Gasteiger partial charge in [-0.1, -0.05) is 47.5 Å². The van der Waals surface area contributed by atoms with Gasteiger partial charge in [-0.25, -0.2) is 0 Å². The smallest absolute Gasteiger partial charge is 0.276 e. The van der Waals surface area contributed by atoms with Crippen molar-refractivity contribution in [1.29, 1.82) is 0 Å². The molecule has 0 unspecified atom stereocenters. The van der Waals surface area contributed by atoms with Crippen molar-refractivity contribution in [3.05, 3.63) is 94.5 Å². The number of anilines is 1. The Hall–Kier alpha value is -3.82. The van der Waals surface area contributed by atoms with Gasteiger partial charge in [-0.05, 0) is 49.4 Å². The molecule has 0 radical (unpaired) electrons. The summed E-state index contributed by atoms with van der Waals surface area (Å²) in [5.41, 5.74) is 1.58. The zero-order valence-corrected chi connectivity index (χ0v) is 19.8. The molecule has 0 atom stereocenters. The van der Waals surface area contributed by atoms with Gasteiger partial charge in [-0.15, -0.1) is 5.10 Å². The van der Waals surface area contributed by atoms with Crippen LogP contribution in [0.15, 0.2) is 87.2 Å². The minimum atomic E-state index is -3.98. The molecule has 0 bridgehead atoms. The third kappa shape index (κ3) is 5.05. The van der Waals surface area contributed by atoms with Gasteiger partial charge >= 0.3 is 0 Å². The first-order valence-electron chi connectivity index (χ1n) is 10.1. The number of hydrogen-bond acceptors (Lipinski definition) is 6. The lowest BCUT2D eigenvalue weighted by molar-refractivity contribution is 0.102. The number of aryl methyl sites for hydroxylation is 1. The van der Waals surface area contributed by atoms with Gasteiger partial charge in [0, 0.05) is 11.1 Å². The second-order valence-corrected chi connectivity index (χ2v) is 9.39. The topological polar surface area (TPSA) is 110 Å². The second-order valence-electron chi connectivity index (χ2n) is 7.33. The molecule has 1 heterocycles. The molecular weight excluding hydrogens is 478 g/mol. The second kappa shape index (κ2) is 9.58. The van der Waals surface area contributed by atoms with Crippen LogP contribution in [0.2, 0.25) is 5.02 Å². The Labute approximate surface area is 200 Å². The number of carbonyl (C=O) groups is 1. The van der Waals surface area contributed by atoms with E-state index in [1.807, 2.05) is 6.92 Å². The summed E-state index contributed by atoms with van der Waals surface area (Å²) in [6, 6.07) is 19.6. The fourth-order valence-electron chi connectivity index (χ4n) is 3.13. The summed E-state index contributed by atoms with van der Waals surface area (Å²) in [4.78, 5) is 15.3. The number of halogens is 1. The third-order valence-corrected chi connectivity index (χ3v) is 6.43. The minimum absolute atomic E-state index is 0.0252. The lowest BCUT2D eigenvalue weighted by atomic mass is 10.1. The lowest BCUT2D eigenvalue weighted by Gasteiger charge is -2.09. The van der Waals surface area contributed by atoms with Crippen molar-refractivity contribution in [3.63, 3.8) is 0 Å². The molecule has 0 fully saturated rings. The normalized spacial score (nSPS) is 11.9. The van der Waals surface area contributed by atoms with Crippen LogP contribution in [0.4, 0.5) is 5.69 Å². The molecule has 174 valence electrons. The van der Waals surface area contributed by atoms with Crippen LogP contribution >= 0.6 is 11.6 Å². The van der Waals surface area contributed by atoms with Crippen LogP contribution in [0.5, 0.6) is 5.75 Å². The molecule has 10 heteroatoms. The summed E-state index contributed by atoms with van der Waals surface area (Å²) in [5.74, 6) is -0.106. The monoisotopic (exact) mass is 497 g/mol. The molecule has 0 saturated carbocycles. The molecule has 8 nitrogen and oxygen atoms in total. The van der Waals surface area contributed by atoms with Crippen molar-refractivity contribution in [2.45, 2.75) is 11.8 Å². The molecule has 3 aromatic carbocycles. The van der Waals surface area contributed by atoms with Gasteiger partial charge < -0.3 is 14.5 Å². The van der Waals surface area contributed by atoms with Gasteiger partial charge in [0.15, 0.2) is 0 Å². The summed E-state index contributed by atoms with van der Waals surface area (Å²) in [6.07, 6.45) is 0. The predicted molar refractivity (Wildman–Crippen MR) is 129 cm³/mol. The number of methoxy groups -OCH3 is 1. The number of sulfonamides is 1. The third-order valence-electron chi connectivity index (χ3n) is 4.91. The molecule has 2 N–H and O–H groups in total. The molecule has 1 amide bonds. The van der Waals surface area contributed by atoms with Crippen LogP contribution in [0, 0.1) is 6.92 Å². The Kier molecular flexibility index (Phi) is 6.58. The van der Waals surface area contributed by atoms with E-state index in [1.54, 1.807) is 54.6 Å². The Morgan fingerprint density at radius 3 is 2.47 bits per heavy atom. The molecular formula is C24H20ClN3O5S. The van der Waals surface area contributed by atoms with E-state index < -0.39 is 15.9 Å². The van der Waals surface area contributed by atoms with Crippen LogP contribution in [0.3, 0.4) is 0 Å². The van der Waals surface area contributed by atoms with Crippen LogP contribution < -0.4 is 20.4 Å². The van der Waals surface area contributed by atoms with Crippen LogP contribution in [-0.2, 0) is 10.0 Å². The van der Waals surface area contributed by atoms with E-state index in [9.17, 15) is 13.2 Å². The van der Waals surface area contributed by atoms with Crippen molar-refractivity contribution in [2.24, 2.45) is 5.10 Å². The first kappa shape index (κ1) is 23.3. The Bertz CT molecular complexity index is 1550. The molecule has 0 aliphatic rings. The Balaban J connectivity index is 1.73. The summed E-state index contributed by atoms with van der Waals surface area (Å²) in [7, 11) is -2.50. The van der Waals surface area contributed by atoms with Crippen LogP contribution in [-0.4, -0.2) is 21.4 Å². The zero-order chi connectivity index (χ0) is 24.3. The van der Waals surface area contributed by atoms with Gasteiger partial charge in [0.05, 0.1) is 17.0 Å². The molecule has 0 spiro atoms. The van der Waals surface area contributed by atoms with Gasteiger partial charge in [0.25, 0.3) is 15.9 Å². The van der Waals surface area contributed by atoms with Gasteiger partial charge in [0.1, 0.15) is 16.9 Å². The average Bonchev–Trinajstić information content (AvgIpc) is 2.82. The summed E-state index contributed by atoms with van der Waals surface area (Å²) < 4.78 is 36.2. The number of benzene rings is 3. The molecule has 0 aliphatic heterocycles. The molecule has 0 saturated heterocycles. The van der Waals surface area contributed by atoms with Gasteiger partial charge in [-0.3, -0.25) is 4.79 Å². The fourth-order valence-corrected chi connectivity index (χ4v) is 4.19. The number of fused-ring (bicyclic) bond motifs is 1. The number of carbonyl (C=O) groups excluding carboxylic acids is 1. The fraction of sp³-hybridized carbons (Fsp3) is 0.0833. The summed E-state index contributed by atoms with van der Waals surface area (Å²) >= 11 is 6.15. The maximum atomic E-state index is 13.1. The zero-order valence-electron chi connectivity index (χ0n) is 18.2. The molecule has 4 rings (SSSR count). The average molecular weight is 498 g/mol. The van der Waals surface area contributed by atoms with E-state index >= 15 is 0 Å². The quantitative estimate of drug-likeness (QED) is 0.382. The summed E-state index contributed by atoms with van der Waals surface area (Å²) in [5, 5.41) is 7.60. The highest BCUT2D eigenvalue weighted by atomic mass is 35.5. The molecule has 1 aromatic heterocycles. The van der Waals surface area contributed by atoms with Crippen LogP contribution in [0.1, 0.15) is 15.9 Å². The van der Waals surface area contributed by atoms with Crippen molar-refractivity contribution in [1.82, 2.24) is 4.83 Å². The standard InChI is InChI=1S/C24H20ClN3O5S/c1-15-7-10-18(11-8-15)34(30,31)28-27-24-19(13-16-5-3-4-6-21(16)33-24)23(29)26-17-9-12-22(32-2)20(25)14-17/h3-14,28H,1-2H3,(H,26,29)/b27-24-. The number of hydrogen-bond donors (Lipinski definition) is 2. The Morgan fingerprint density at radius 2 is 1.76 bits per heavy atom. The van der Waals surface area contributed by atoms with Crippen molar-refractivity contribution in [2.75, 3.05) is 12.4 Å². The maximum absolute atomic E-state index is 13.1. The highest BCUT2D eigenvalue weighted by molar-refractivity contribution is 7.89. The van der Waals surface area contributed by atoms with E-state index in [-0.39, 0.29) is 16.0 Å². The lowest BCUT2D eigenvalue weighted by Crippen LogP contribution is -2.27. The molecule has 0 aliphatic carbocycles. The predicted octanol–water partition coefficient (Wildman–Crippen LogP) is 4.45. The number of para-hydroxylation sites is 1. The first-order valence-corrected chi connectivity index (χ1v) is 11.9. The van der Waals surface area contributed by atoms with Crippen LogP contribution in [0.25, 0.3) is 11.0 Å². The SMILES string of the molecule is COc1ccc(NC(=O)c2cc3ccccc3o/c2=N\NS(=O)(=O)c2ccc(C)cc2)cc1Cl. The number of nitrogens with one attached hydrogen (secondary N) is 2. The van der Waals surface area contributed by atoms with E-state index in [2.05, 4.69) is 15.2 Å². The number of amides is 1. The highest BCUT2D eigenvalue weighted by Gasteiger charge is 2.16. The Morgan fingerprint density at radius 1 is 1.03 bits per heavy atom. The number of nitrogens with zero attached hydrogens (tertiary/aromatic N) is 1. The molecule has 34 heavy (non-hydrogen) atoms. The van der Waals surface area contributed by atoms with Crippen molar-refractivity contribution >= 4 is 44.2 Å². The summed E-state index contributed by atoms with van der Waals surface area (Å²) in [6.45, 7) is 1.85. The minimum Gasteiger partial charge on any atom is -0.495 e. The van der Waals surface area contributed by atoms with E-state index in [1.165, 1.54) is 25.3 Å². The van der Waals surface area contributed by atoms with Crippen molar-refractivity contribution in [3.8, 4) is 5.75 Å². The molecule has 4 aromatic rings.